The van der Waals surface area contributed by atoms with Crippen LogP contribution in [0.2, 0.25) is 0 Å². The van der Waals surface area contributed by atoms with Crippen molar-refractivity contribution in [3.05, 3.63) is 29.8 Å². The van der Waals surface area contributed by atoms with E-state index in [4.69, 9.17) is 5.26 Å². The highest BCUT2D eigenvalue weighted by atomic mass is 16.2. The van der Waals surface area contributed by atoms with E-state index in [-0.39, 0.29) is 5.91 Å². The van der Waals surface area contributed by atoms with Crippen LogP contribution in [0.25, 0.3) is 0 Å². The maximum Gasteiger partial charge on any atom is 0.238 e. The van der Waals surface area contributed by atoms with E-state index >= 15 is 0 Å². The molecule has 0 spiro atoms. The number of hydrogen-bond acceptors (Lipinski definition) is 3. The summed E-state index contributed by atoms with van der Waals surface area (Å²) < 4.78 is 0. The standard InChI is InChI=1S/C17H21N3O/c18-11-14-5-1-2-8-15(14)19-17(21)12-20-10-4-7-13-6-3-9-16(13)20/h1-2,5,8,13,16H,3-4,6-7,9-10,12H2,(H,19,21). The first kappa shape index (κ1) is 14.1. The Labute approximate surface area is 125 Å². The molecule has 2 unspecified atom stereocenters. The van der Waals surface area contributed by atoms with Crippen LogP contribution in [-0.4, -0.2) is 29.9 Å². The fraction of sp³-hybridized carbons (Fsp3) is 0.529. The molecular formula is C17H21N3O. The SMILES string of the molecule is N#Cc1ccccc1NC(=O)CN1CCCC2CCCC21. The van der Waals surface area contributed by atoms with Gasteiger partial charge in [-0.3, -0.25) is 9.69 Å². The molecule has 2 atom stereocenters. The Kier molecular flexibility index (Phi) is 4.21. The van der Waals surface area contributed by atoms with Crippen LogP contribution in [0.4, 0.5) is 5.69 Å². The molecule has 2 aliphatic rings. The van der Waals surface area contributed by atoms with Crippen molar-refractivity contribution in [3.8, 4) is 6.07 Å². The minimum Gasteiger partial charge on any atom is -0.324 e. The second-order valence-corrected chi connectivity index (χ2v) is 6.08. The van der Waals surface area contributed by atoms with E-state index in [1.165, 1.54) is 32.1 Å². The summed E-state index contributed by atoms with van der Waals surface area (Å²) >= 11 is 0. The number of likely N-dealkylation sites (tertiary alicyclic amines) is 1. The number of nitriles is 1. The molecule has 1 saturated carbocycles. The lowest BCUT2D eigenvalue weighted by atomic mass is 9.92. The number of fused-ring (bicyclic) bond motifs is 1. The quantitative estimate of drug-likeness (QED) is 0.928. The van der Waals surface area contributed by atoms with Crippen LogP contribution in [0.1, 0.15) is 37.7 Å². The summed E-state index contributed by atoms with van der Waals surface area (Å²) in [4.78, 5) is 14.6. The van der Waals surface area contributed by atoms with Gasteiger partial charge in [0.25, 0.3) is 0 Å². The number of hydrogen-bond donors (Lipinski definition) is 1. The molecule has 1 aliphatic carbocycles. The van der Waals surface area contributed by atoms with Gasteiger partial charge in [0.05, 0.1) is 17.8 Å². The van der Waals surface area contributed by atoms with E-state index in [0.717, 1.165) is 12.5 Å². The predicted octanol–water partition coefficient (Wildman–Crippen LogP) is 2.76. The van der Waals surface area contributed by atoms with Gasteiger partial charge in [0.2, 0.25) is 5.91 Å². The van der Waals surface area contributed by atoms with Gasteiger partial charge < -0.3 is 5.32 Å². The number of carbonyl (C=O) groups is 1. The molecule has 3 rings (SSSR count). The summed E-state index contributed by atoms with van der Waals surface area (Å²) in [6.45, 7) is 1.47. The van der Waals surface area contributed by atoms with Gasteiger partial charge in [0.1, 0.15) is 6.07 Å². The largest absolute Gasteiger partial charge is 0.324 e. The third-order valence-corrected chi connectivity index (χ3v) is 4.78. The molecule has 1 heterocycles. The minimum atomic E-state index is -0.00903. The molecule has 21 heavy (non-hydrogen) atoms. The molecule has 110 valence electrons. The highest BCUT2D eigenvalue weighted by Gasteiger charge is 2.35. The molecule has 4 heteroatoms. The highest BCUT2D eigenvalue weighted by Crippen LogP contribution is 2.36. The lowest BCUT2D eigenvalue weighted by molar-refractivity contribution is -0.118. The van der Waals surface area contributed by atoms with Crippen molar-refractivity contribution in [2.45, 2.75) is 38.1 Å². The third kappa shape index (κ3) is 3.08. The van der Waals surface area contributed by atoms with Crippen LogP contribution < -0.4 is 5.32 Å². The minimum absolute atomic E-state index is 0.00903. The van der Waals surface area contributed by atoms with Crippen LogP contribution in [0.3, 0.4) is 0 Å². The van der Waals surface area contributed by atoms with Gasteiger partial charge >= 0.3 is 0 Å². The summed E-state index contributed by atoms with van der Waals surface area (Å²) in [5.74, 6) is 0.781. The lowest BCUT2D eigenvalue weighted by Crippen LogP contribution is -2.46. The van der Waals surface area contributed by atoms with Gasteiger partial charge in [0.15, 0.2) is 0 Å². The Balaban J connectivity index is 1.62. The molecule has 0 bridgehead atoms. The summed E-state index contributed by atoms with van der Waals surface area (Å²) in [6, 6.07) is 9.86. The number of amides is 1. The molecule has 2 fully saturated rings. The fourth-order valence-corrected chi connectivity index (χ4v) is 3.82. The van der Waals surface area contributed by atoms with Crippen molar-refractivity contribution in [1.29, 1.82) is 5.26 Å². The van der Waals surface area contributed by atoms with E-state index in [1.807, 2.05) is 12.1 Å². The van der Waals surface area contributed by atoms with Gasteiger partial charge in [-0.05, 0) is 50.3 Å². The topological polar surface area (TPSA) is 56.1 Å². The number of carbonyl (C=O) groups excluding carboxylic acids is 1. The summed E-state index contributed by atoms with van der Waals surface area (Å²) in [6.07, 6.45) is 6.36. The van der Waals surface area contributed by atoms with Crippen molar-refractivity contribution in [2.75, 3.05) is 18.4 Å². The Morgan fingerprint density at radius 1 is 1.29 bits per heavy atom. The van der Waals surface area contributed by atoms with Gasteiger partial charge in [0, 0.05) is 6.04 Å². The predicted molar refractivity (Wildman–Crippen MR) is 81.7 cm³/mol. The van der Waals surface area contributed by atoms with Crippen molar-refractivity contribution >= 4 is 11.6 Å². The molecule has 1 aromatic rings. The van der Waals surface area contributed by atoms with Crippen molar-refractivity contribution < 1.29 is 4.79 Å². The zero-order chi connectivity index (χ0) is 14.7. The Morgan fingerprint density at radius 2 is 2.10 bits per heavy atom. The van der Waals surface area contributed by atoms with E-state index in [2.05, 4.69) is 16.3 Å². The number of piperidine rings is 1. The van der Waals surface area contributed by atoms with Crippen LogP contribution in [0, 0.1) is 17.2 Å². The number of para-hydroxylation sites is 1. The second kappa shape index (κ2) is 6.28. The molecule has 1 N–H and O–H groups in total. The zero-order valence-electron chi connectivity index (χ0n) is 12.2. The zero-order valence-corrected chi connectivity index (χ0v) is 12.2. The number of anilines is 1. The Bertz CT molecular complexity index is 563. The molecule has 1 saturated heterocycles. The van der Waals surface area contributed by atoms with Gasteiger partial charge in [-0.25, -0.2) is 0 Å². The summed E-state index contributed by atoms with van der Waals surface area (Å²) in [5.41, 5.74) is 1.13. The van der Waals surface area contributed by atoms with Gasteiger partial charge in [-0.2, -0.15) is 5.26 Å². The van der Waals surface area contributed by atoms with Crippen LogP contribution in [0.5, 0.6) is 0 Å². The lowest BCUT2D eigenvalue weighted by Gasteiger charge is -2.37. The number of nitrogens with zero attached hydrogens (tertiary/aromatic N) is 2. The molecule has 4 nitrogen and oxygen atoms in total. The van der Waals surface area contributed by atoms with Crippen molar-refractivity contribution in [2.24, 2.45) is 5.92 Å². The van der Waals surface area contributed by atoms with E-state index in [1.54, 1.807) is 12.1 Å². The van der Waals surface area contributed by atoms with Crippen LogP contribution >= 0.6 is 0 Å². The Morgan fingerprint density at radius 3 is 2.95 bits per heavy atom. The van der Waals surface area contributed by atoms with Crippen LogP contribution in [-0.2, 0) is 4.79 Å². The summed E-state index contributed by atoms with van der Waals surface area (Å²) in [5, 5.41) is 11.9. The highest BCUT2D eigenvalue weighted by molar-refractivity contribution is 5.93. The maximum atomic E-state index is 12.3. The van der Waals surface area contributed by atoms with Gasteiger partial charge in [-0.1, -0.05) is 18.6 Å². The van der Waals surface area contributed by atoms with Gasteiger partial charge in [-0.15, -0.1) is 0 Å². The normalized spacial score (nSPS) is 25.1. The molecule has 1 amide bonds. The Hall–Kier alpha value is -1.86. The molecule has 1 aliphatic heterocycles. The van der Waals surface area contributed by atoms with E-state index in [9.17, 15) is 4.79 Å². The fourth-order valence-electron chi connectivity index (χ4n) is 3.82. The number of nitrogens with one attached hydrogen (secondary N) is 1. The average molecular weight is 283 g/mol. The smallest absolute Gasteiger partial charge is 0.238 e. The third-order valence-electron chi connectivity index (χ3n) is 4.78. The molecule has 0 aromatic heterocycles. The first-order valence-corrected chi connectivity index (χ1v) is 7.81. The monoisotopic (exact) mass is 283 g/mol. The van der Waals surface area contributed by atoms with E-state index in [0.29, 0.717) is 23.8 Å². The van der Waals surface area contributed by atoms with Crippen LogP contribution in [0.15, 0.2) is 24.3 Å². The van der Waals surface area contributed by atoms with E-state index < -0.39 is 0 Å². The number of benzene rings is 1. The second-order valence-electron chi connectivity index (χ2n) is 6.08. The average Bonchev–Trinajstić information content (AvgIpc) is 2.97. The molecule has 0 radical (unpaired) electrons. The molecular weight excluding hydrogens is 262 g/mol. The first-order valence-electron chi connectivity index (χ1n) is 7.81. The van der Waals surface area contributed by atoms with Crippen molar-refractivity contribution in [3.63, 3.8) is 0 Å². The summed E-state index contributed by atoms with van der Waals surface area (Å²) in [7, 11) is 0. The van der Waals surface area contributed by atoms with Crippen molar-refractivity contribution in [1.82, 2.24) is 4.90 Å². The first-order chi connectivity index (χ1) is 10.3. The molecule has 1 aromatic carbocycles. The maximum absolute atomic E-state index is 12.3. The number of rotatable bonds is 3.